The van der Waals surface area contributed by atoms with Crippen molar-refractivity contribution in [3.8, 4) is 28.6 Å². The summed E-state index contributed by atoms with van der Waals surface area (Å²) in [6.45, 7) is 6.77. The van der Waals surface area contributed by atoms with Gasteiger partial charge < -0.3 is 19.4 Å². The van der Waals surface area contributed by atoms with E-state index in [0.29, 0.717) is 24.8 Å². The molecule has 0 fully saturated rings. The molecule has 436 valence electrons. The van der Waals surface area contributed by atoms with Gasteiger partial charge in [0.1, 0.15) is 22.3 Å². The highest BCUT2D eigenvalue weighted by atomic mass is 16.5. The molecule has 3 aromatic rings. The maximum atomic E-state index is 14.5. The van der Waals surface area contributed by atoms with Crippen LogP contribution in [-0.2, 0) is 4.79 Å². The summed E-state index contributed by atoms with van der Waals surface area (Å²) in [5, 5.41) is 23.4. The van der Waals surface area contributed by atoms with Crippen LogP contribution in [0.4, 0.5) is 0 Å². The SMILES string of the molecule is CCCCCCCCCCCCCCCCCC(=O)Oc1c(C(=O)CCCCCCCCCCCCCCCCC)c(O)c(C(=O)CCCCCCCCCCCCCCCCC)c2oc(-c3ccccc3)c(O)c(=O)c12. The first-order valence-electron chi connectivity index (χ1n) is 32.7. The molecule has 0 saturated heterocycles. The number of carbonyl (C=O) groups excluding carboxylic acids is 3. The standard InChI is InChI=1S/C69H112O8/c1-4-7-10-13-16-19-22-25-28-31-34-37-40-43-49-54-58(70)61-64(73)62(59(71)55-50-44-41-38-35-32-29-26-23-20-17-14-11-8-5-2)69-63(65(74)66(75)67(77-69)57-52-47-46-48-53-57)68(61)76-60(72)56-51-45-42-39-36-33-30-27-24-21-18-15-12-9-6-3/h46-48,52-53,73,75H,4-45,49-51,54-56H2,1-3H3. The molecule has 0 aliphatic rings. The van der Waals surface area contributed by atoms with Gasteiger partial charge in [0.15, 0.2) is 28.7 Å². The Balaban J connectivity index is 1.72. The molecule has 2 N–H and O–H groups in total. The van der Waals surface area contributed by atoms with Crippen LogP contribution in [0, 0.1) is 0 Å². The van der Waals surface area contributed by atoms with E-state index in [1.54, 1.807) is 30.3 Å². The zero-order valence-electron chi connectivity index (χ0n) is 49.7. The number of phenols is 1. The Morgan fingerprint density at radius 1 is 0.390 bits per heavy atom. The molecule has 0 amide bonds. The van der Waals surface area contributed by atoms with Gasteiger partial charge in [-0.1, -0.05) is 321 Å². The van der Waals surface area contributed by atoms with E-state index in [9.17, 15) is 29.4 Å². The number of hydrogen-bond acceptors (Lipinski definition) is 8. The number of hydrogen-bond donors (Lipinski definition) is 2. The lowest BCUT2D eigenvalue weighted by atomic mass is 9.92. The van der Waals surface area contributed by atoms with Crippen molar-refractivity contribution in [2.24, 2.45) is 0 Å². The molecule has 0 unspecified atom stereocenters. The summed E-state index contributed by atoms with van der Waals surface area (Å²) in [4.78, 5) is 57.2. The van der Waals surface area contributed by atoms with E-state index >= 15 is 0 Å². The van der Waals surface area contributed by atoms with E-state index in [0.717, 1.165) is 70.6 Å². The summed E-state index contributed by atoms with van der Waals surface area (Å²) >= 11 is 0. The fourth-order valence-corrected chi connectivity index (χ4v) is 11.1. The summed E-state index contributed by atoms with van der Waals surface area (Å²) in [6.07, 6.45) is 53.4. The predicted molar refractivity (Wildman–Crippen MR) is 324 cm³/mol. The van der Waals surface area contributed by atoms with Gasteiger partial charge >= 0.3 is 5.97 Å². The van der Waals surface area contributed by atoms with Crippen LogP contribution in [0.25, 0.3) is 22.3 Å². The van der Waals surface area contributed by atoms with Crippen molar-refractivity contribution >= 4 is 28.5 Å². The predicted octanol–water partition coefficient (Wildman–Crippen LogP) is 21.9. The third kappa shape index (κ3) is 28.7. The Bertz CT molecular complexity index is 2050. The molecule has 0 radical (unpaired) electrons. The molecular weight excluding hydrogens is 957 g/mol. The van der Waals surface area contributed by atoms with Gasteiger partial charge in [-0.15, -0.1) is 0 Å². The number of unbranched alkanes of at least 4 members (excludes halogenated alkanes) is 42. The van der Waals surface area contributed by atoms with Crippen molar-refractivity contribution in [2.45, 2.75) is 329 Å². The average Bonchev–Trinajstić information content (AvgIpc) is 3.47. The minimum Gasteiger partial charge on any atom is -0.506 e. The lowest BCUT2D eigenvalue weighted by Crippen LogP contribution is -2.17. The quantitative estimate of drug-likeness (QED) is 0.0247. The molecule has 2 aromatic carbocycles. The second-order valence-corrected chi connectivity index (χ2v) is 23.0. The van der Waals surface area contributed by atoms with Crippen LogP contribution in [-0.4, -0.2) is 27.7 Å². The zero-order chi connectivity index (χ0) is 55.4. The molecular formula is C69H112O8. The fourth-order valence-electron chi connectivity index (χ4n) is 11.1. The van der Waals surface area contributed by atoms with Crippen molar-refractivity contribution in [1.29, 1.82) is 0 Å². The maximum Gasteiger partial charge on any atom is 0.311 e. The molecule has 77 heavy (non-hydrogen) atoms. The Labute approximate surface area is 469 Å². The Morgan fingerprint density at radius 3 is 1.03 bits per heavy atom. The number of ether oxygens (including phenoxy) is 1. The molecule has 0 saturated carbocycles. The highest BCUT2D eigenvalue weighted by Gasteiger charge is 2.34. The lowest BCUT2D eigenvalue weighted by Gasteiger charge is -2.18. The first-order chi connectivity index (χ1) is 37.8. The van der Waals surface area contributed by atoms with Gasteiger partial charge in [0, 0.05) is 24.8 Å². The zero-order valence-corrected chi connectivity index (χ0v) is 49.7. The molecule has 3 rings (SSSR count). The van der Waals surface area contributed by atoms with Crippen LogP contribution in [0.5, 0.6) is 17.2 Å². The van der Waals surface area contributed by atoms with Crippen molar-refractivity contribution in [1.82, 2.24) is 0 Å². The van der Waals surface area contributed by atoms with Gasteiger partial charge in [-0.3, -0.25) is 19.2 Å². The summed E-state index contributed by atoms with van der Waals surface area (Å²) in [7, 11) is 0. The largest absolute Gasteiger partial charge is 0.506 e. The van der Waals surface area contributed by atoms with Crippen LogP contribution in [0.1, 0.15) is 350 Å². The van der Waals surface area contributed by atoms with E-state index in [-0.39, 0.29) is 47.1 Å². The van der Waals surface area contributed by atoms with Crippen molar-refractivity contribution in [2.75, 3.05) is 0 Å². The van der Waals surface area contributed by atoms with Gasteiger partial charge in [0.05, 0.1) is 0 Å². The summed E-state index contributed by atoms with van der Waals surface area (Å²) in [5.74, 6) is -3.58. The second kappa shape index (κ2) is 44.9. The number of aromatic hydroxyl groups is 2. The van der Waals surface area contributed by atoms with Crippen LogP contribution >= 0.6 is 0 Å². The number of Topliss-reactive ketones (excluding diaryl/α,β-unsaturated/α-hetero) is 2. The number of phenolic OH excluding ortho intramolecular Hbond substituents is 1. The van der Waals surface area contributed by atoms with Gasteiger partial charge in [-0.25, -0.2) is 0 Å². The molecule has 1 aromatic heterocycles. The highest BCUT2D eigenvalue weighted by Crippen LogP contribution is 2.44. The van der Waals surface area contributed by atoms with Crippen LogP contribution in [0.3, 0.4) is 0 Å². The Morgan fingerprint density at radius 2 is 0.688 bits per heavy atom. The maximum absolute atomic E-state index is 14.5. The molecule has 0 aliphatic heterocycles. The van der Waals surface area contributed by atoms with Gasteiger partial charge in [-0.2, -0.15) is 0 Å². The topological polar surface area (TPSA) is 131 Å². The third-order valence-corrected chi connectivity index (χ3v) is 16.1. The third-order valence-electron chi connectivity index (χ3n) is 16.1. The Hall–Kier alpha value is -3.94. The normalized spacial score (nSPS) is 11.5. The minimum atomic E-state index is -0.929. The number of ketones is 2. The van der Waals surface area contributed by atoms with Crippen LogP contribution in [0.2, 0.25) is 0 Å². The van der Waals surface area contributed by atoms with E-state index in [1.165, 1.54) is 199 Å². The van der Waals surface area contributed by atoms with E-state index in [2.05, 4.69) is 20.8 Å². The first kappa shape index (κ1) is 67.3. The summed E-state index contributed by atoms with van der Waals surface area (Å²) in [6, 6.07) is 8.63. The molecule has 0 spiro atoms. The van der Waals surface area contributed by atoms with E-state index < -0.39 is 40.2 Å². The number of rotatable bonds is 52. The van der Waals surface area contributed by atoms with Gasteiger partial charge in [0.25, 0.3) is 0 Å². The summed E-state index contributed by atoms with van der Waals surface area (Å²) < 4.78 is 12.3. The smallest absolute Gasteiger partial charge is 0.311 e. The van der Waals surface area contributed by atoms with Crippen molar-refractivity contribution < 1.29 is 33.8 Å². The Kier molecular flexibility index (Phi) is 39.2. The monoisotopic (exact) mass is 1070 g/mol. The molecule has 0 bridgehead atoms. The molecule has 1 heterocycles. The molecule has 8 nitrogen and oxygen atoms in total. The van der Waals surface area contributed by atoms with Crippen molar-refractivity contribution in [3.63, 3.8) is 0 Å². The van der Waals surface area contributed by atoms with E-state index in [1.807, 2.05) is 0 Å². The number of fused-ring (bicyclic) bond motifs is 1. The lowest BCUT2D eigenvalue weighted by molar-refractivity contribution is -0.134. The van der Waals surface area contributed by atoms with Gasteiger partial charge in [-0.05, 0) is 19.3 Å². The second-order valence-electron chi connectivity index (χ2n) is 23.0. The average molecular weight is 1070 g/mol. The molecule has 0 aliphatic carbocycles. The highest BCUT2D eigenvalue weighted by molar-refractivity contribution is 6.17. The van der Waals surface area contributed by atoms with Crippen LogP contribution in [0.15, 0.2) is 39.5 Å². The van der Waals surface area contributed by atoms with Crippen LogP contribution < -0.4 is 10.2 Å². The summed E-state index contributed by atoms with van der Waals surface area (Å²) in [5.41, 5.74) is -1.45. The molecule has 0 atom stereocenters. The molecule has 8 heteroatoms. The number of esters is 1. The van der Waals surface area contributed by atoms with Crippen molar-refractivity contribution in [3.05, 3.63) is 51.7 Å². The minimum absolute atomic E-state index is 0.0347. The van der Waals surface area contributed by atoms with Gasteiger partial charge in [0.2, 0.25) is 11.2 Å². The fraction of sp³-hybridized carbons (Fsp3) is 0.739. The van der Waals surface area contributed by atoms with E-state index in [4.69, 9.17) is 9.15 Å². The number of benzene rings is 2. The number of carbonyl (C=O) groups is 3. The first-order valence-corrected chi connectivity index (χ1v) is 32.7.